The zero-order chi connectivity index (χ0) is 22.1. The molecule has 9 nitrogen and oxygen atoms in total. The van der Waals surface area contributed by atoms with Crippen molar-refractivity contribution < 1.29 is 27.6 Å². The second-order valence-corrected chi connectivity index (χ2v) is 8.23. The third-order valence-electron chi connectivity index (χ3n) is 3.88. The summed E-state index contributed by atoms with van der Waals surface area (Å²) >= 11 is 5.79. The fraction of sp³-hybridized carbons (Fsp3) is 0.316. The summed E-state index contributed by atoms with van der Waals surface area (Å²) in [5, 5.41) is 11.4. The van der Waals surface area contributed by atoms with E-state index in [0.717, 1.165) is 6.07 Å². The highest BCUT2D eigenvalue weighted by Gasteiger charge is 2.19. The van der Waals surface area contributed by atoms with Gasteiger partial charge in [0.05, 0.1) is 34.8 Å². The lowest BCUT2D eigenvalue weighted by Gasteiger charge is -2.14. The van der Waals surface area contributed by atoms with Gasteiger partial charge in [-0.05, 0) is 50.1 Å². The Bertz CT molecular complexity index is 994. The van der Waals surface area contributed by atoms with E-state index in [1.807, 2.05) is 0 Å². The molecule has 11 heteroatoms. The van der Waals surface area contributed by atoms with Crippen molar-refractivity contribution in [3.8, 4) is 5.75 Å². The molecular formula is C19H21ClN2O7S. The summed E-state index contributed by atoms with van der Waals surface area (Å²) < 4.78 is 38.0. The van der Waals surface area contributed by atoms with Gasteiger partial charge in [-0.25, -0.2) is 8.42 Å². The van der Waals surface area contributed by atoms with E-state index in [-0.39, 0.29) is 41.0 Å². The Labute approximate surface area is 179 Å². The Hall–Kier alpha value is -2.85. The van der Waals surface area contributed by atoms with E-state index in [2.05, 4.69) is 4.72 Å². The van der Waals surface area contributed by atoms with E-state index < -0.39 is 14.9 Å². The number of hydrogen-bond acceptors (Lipinski definition) is 7. The second kappa shape index (κ2) is 10.8. The van der Waals surface area contributed by atoms with Gasteiger partial charge in [0.1, 0.15) is 5.75 Å². The predicted octanol–water partition coefficient (Wildman–Crippen LogP) is 4.16. The van der Waals surface area contributed by atoms with Crippen molar-refractivity contribution in [2.45, 2.75) is 31.1 Å². The molecule has 0 atom stereocenters. The van der Waals surface area contributed by atoms with Crippen molar-refractivity contribution in [2.75, 3.05) is 17.9 Å². The topological polar surface area (TPSA) is 125 Å². The van der Waals surface area contributed by atoms with Crippen molar-refractivity contribution in [3.05, 3.63) is 57.6 Å². The van der Waals surface area contributed by atoms with E-state index in [9.17, 15) is 23.3 Å². The summed E-state index contributed by atoms with van der Waals surface area (Å²) in [5.41, 5.74) is -0.188. The van der Waals surface area contributed by atoms with Gasteiger partial charge in [0.2, 0.25) is 0 Å². The number of hydrogen-bond donors (Lipinski definition) is 1. The first-order valence-electron chi connectivity index (χ1n) is 9.08. The molecule has 0 bridgehead atoms. The quantitative estimate of drug-likeness (QED) is 0.233. The summed E-state index contributed by atoms with van der Waals surface area (Å²) in [6.07, 6.45) is 1.20. The third-order valence-corrected chi connectivity index (χ3v) is 5.52. The monoisotopic (exact) mass is 456 g/mol. The summed E-state index contributed by atoms with van der Waals surface area (Å²) in [6.45, 7) is 2.16. The number of nitro benzene ring substituents is 1. The lowest BCUT2D eigenvalue weighted by Crippen LogP contribution is -2.14. The zero-order valence-corrected chi connectivity index (χ0v) is 17.7. The highest BCUT2D eigenvalue weighted by Crippen LogP contribution is 2.31. The minimum atomic E-state index is -3.96. The molecule has 0 saturated carbocycles. The number of sulfonamides is 1. The molecular weight excluding hydrogens is 436 g/mol. The van der Waals surface area contributed by atoms with Crippen LogP contribution in [0.15, 0.2) is 47.4 Å². The van der Waals surface area contributed by atoms with Gasteiger partial charge in [-0.15, -0.1) is 0 Å². The molecule has 0 heterocycles. The lowest BCUT2D eigenvalue weighted by atomic mass is 10.2. The second-order valence-electron chi connectivity index (χ2n) is 6.11. The zero-order valence-electron chi connectivity index (χ0n) is 16.2. The molecule has 0 aliphatic rings. The van der Waals surface area contributed by atoms with Gasteiger partial charge in [0.15, 0.2) is 0 Å². The number of esters is 1. The molecule has 0 fully saturated rings. The maximum atomic E-state index is 12.6. The standard InChI is InChI=1S/C19H21ClN2O7S/c1-2-28-19(23)5-3-4-12-29-18-13-15(22(24)25)8-11-17(18)21-30(26,27)16-9-6-14(20)7-10-16/h6-11,13,21H,2-5,12H2,1H3. The number of carbonyl (C=O) groups is 1. The van der Waals surface area contributed by atoms with Gasteiger partial charge >= 0.3 is 5.97 Å². The van der Waals surface area contributed by atoms with Crippen molar-refractivity contribution in [1.29, 1.82) is 0 Å². The first-order valence-corrected chi connectivity index (χ1v) is 10.9. The number of ether oxygens (including phenoxy) is 2. The van der Waals surface area contributed by atoms with Gasteiger partial charge in [-0.3, -0.25) is 19.6 Å². The first kappa shape index (κ1) is 23.4. The van der Waals surface area contributed by atoms with Crippen molar-refractivity contribution >= 4 is 39.0 Å². The average molecular weight is 457 g/mol. The van der Waals surface area contributed by atoms with Crippen molar-refractivity contribution in [2.24, 2.45) is 0 Å². The van der Waals surface area contributed by atoms with Crippen LogP contribution in [0.4, 0.5) is 11.4 Å². The summed E-state index contributed by atoms with van der Waals surface area (Å²) in [6, 6.07) is 9.13. The minimum absolute atomic E-state index is 0.0119. The van der Waals surface area contributed by atoms with Crippen LogP contribution in [0.3, 0.4) is 0 Å². The number of non-ortho nitro benzene ring substituents is 1. The van der Waals surface area contributed by atoms with E-state index in [1.165, 1.54) is 36.4 Å². The molecule has 0 aliphatic heterocycles. The Morgan fingerprint density at radius 3 is 2.50 bits per heavy atom. The molecule has 0 radical (unpaired) electrons. The Morgan fingerprint density at radius 2 is 1.87 bits per heavy atom. The molecule has 1 N–H and O–H groups in total. The summed E-state index contributed by atoms with van der Waals surface area (Å²) in [4.78, 5) is 21.8. The largest absolute Gasteiger partial charge is 0.491 e. The van der Waals surface area contributed by atoms with E-state index in [0.29, 0.717) is 24.5 Å². The van der Waals surface area contributed by atoms with Crippen LogP contribution in [-0.4, -0.2) is 32.5 Å². The Morgan fingerprint density at radius 1 is 1.17 bits per heavy atom. The number of nitro groups is 1. The number of rotatable bonds is 11. The molecule has 0 amide bonds. The first-order chi connectivity index (χ1) is 14.2. The highest BCUT2D eigenvalue weighted by atomic mass is 35.5. The van der Waals surface area contributed by atoms with Crippen LogP contribution in [0.2, 0.25) is 5.02 Å². The fourth-order valence-electron chi connectivity index (χ4n) is 2.43. The van der Waals surface area contributed by atoms with Gasteiger partial charge in [-0.1, -0.05) is 11.6 Å². The summed E-state index contributed by atoms with van der Waals surface area (Å²) in [5.74, 6) is -0.304. The number of anilines is 1. The number of unbranched alkanes of at least 4 members (excludes halogenated alkanes) is 1. The molecule has 30 heavy (non-hydrogen) atoms. The normalized spacial score (nSPS) is 11.0. The van der Waals surface area contributed by atoms with Crippen LogP contribution < -0.4 is 9.46 Å². The number of benzene rings is 2. The maximum Gasteiger partial charge on any atom is 0.305 e. The molecule has 0 unspecified atom stereocenters. The highest BCUT2D eigenvalue weighted by molar-refractivity contribution is 7.92. The molecule has 2 aromatic rings. The van der Waals surface area contributed by atoms with Gasteiger partial charge in [0.25, 0.3) is 15.7 Å². The average Bonchev–Trinajstić information content (AvgIpc) is 2.69. The summed E-state index contributed by atoms with van der Waals surface area (Å²) in [7, 11) is -3.96. The van der Waals surface area contributed by atoms with Gasteiger partial charge < -0.3 is 9.47 Å². The van der Waals surface area contributed by atoms with E-state index in [1.54, 1.807) is 6.92 Å². The predicted molar refractivity (Wildman–Crippen MR) is 111 cm³/mol. The molecule has 0 saturated heterocycles. The maximum absolute atomic E-state index is 12.6. The molecule has 0 spiro atoms. The van der Waals surface area contributed by atoms with Crippen molar-refractivity contribution in [3.63, 3.8) is 0 Å². The number of halogens is 1. The fourth-order valence-corrected chi connectivity index (χ4v) is 3.63. The smallest absolute Gasteiger partial charge is 0.305 e. The molecule has 0 aromatic heterocycles. The molecule has 2 rings (SSSR count). The van der Waals surface area contributed by atoms with Crippen LogP contribution in [0.1, 0.15) is 26.2 Å². The van der Waals surface area contributed by atoms with Gasteiger partial charge in [-0.2, -0.15) is 0 Å². The minimum Gasteiger partial charge on any atom is -0.491 e. The van der Waals surface area contributed by atoms with Crippen LogP contribution in [-0.2, 0) is 19.6 Å². The Kier molecular flexibility index (Phi) is 8.43. The van der Waals surface area contributed by atoms with Crippen LogP contribution in [0.5, 0.6) is 5.75 Å². The lowest BCUT2D eigenvalue weighted by molar-refractivity contribution is -0.384. The Balaban J connectivity index is 2.12. The number of nitrogens with zero attached hydrogens (tertiary/aromatic N) is 1. The molecule has 0 aliphatic carbocycles. The van der Waals surface area contributed by atoms with E-state index >= 15 is 0 Å². The van der Waals surface area contributed by atoms with E-state index in [4.69, 9.17) is 21.1 Å². The van der Waals surface area contributed by atoms with Gasteiger partial charge in [0, 0.05) is 17.5 Å². The molecule has 2 aromatic carbocycles. The van der Waals surface area contributed by atoms with Crippen LogP contribution in [0, 0.1) is 10.1 Å². The van der Waals surface area contributed by atoms with Crippen LogP contribution in [0.25, 0.3) is 0 Å². The molecule has 162 valence electrons. The van der Waals surface area contributed by atoms with Crippen molar-refractivity contribution in [1.82, 2.24) is 0 Å². The SMILES string of the molecule is CCOC(=O)CCCCOc1cc([N+](=O)[O-])ccc1NS(=O)(=O)c1ccc(Cl)cc1. The van der Waals surface area contributed by atoms with Crippen LogP contribution >= 0.6 is 11.6 Å². The number of carbonyl (C=O) groups excluding carboxylic acids is 1. The number of nitrogens with one attached hydrogen (secondary N) is 1. The third kappa shape index (κ3) is 6.89.